The molecular formula is C12H20N2O3. The van der Waals surface area contributed by atoms with Crippen LogP contribution < -0.4 is 5.32 Å². The molecule has 2 fully saturated rings. The number of piperidine rings is 1. The molecule has 1 amide bonds. The minimum atomic E-state index is -0.486. The molecule has 0 aliphatic carbocycles. The van der Waals surface area contributed by atoms with Gasteiger partial charge < -0.3 is 10.1 Å². The van der Waals surface area contributed by atoms with Crippen molar-refractivity contribution >= 4 is 11.9 Å². The highest BCUT2D eigenvalue weighted by atomic mass is 16.6. The second-order valence-electron chi connectivity index (χ2n) is 5.80. The SMILES string of the molecule is CC(C)(C)OC(=O)N1C2CNCC1CC(=O)C2. The number of amides is 1. The van der Waals surface area contributed by atoms with Crippen LogP contribution in [0.4, 0.5) is 4.79 Å². The Bertz CT molecular complexity index is 319. The molecule has 2 unspecified atom stereocenters. The van der Waals surface area contributed by atoms with Crippen LogP contribution in [0.5, 0.6) is 0 Å². The molecule has 2 aliphatic heterocycles. The van der Waals surface area contributed by atoms with E-state index in [1.165, 1.54) is 0 Å². The van der Waals surface area contributed by atoms with Crippen molar-refractivity contribution < 1.29 is 14.3 Å². The van der Waals surface area contributed by atoms with Crippen molar-refractivity contribution in [3.8, 4) is 0 Å². The van der Waals surface area contributed by atoms with Crippen LogP contribution in [0.2, 0.25) is 0 Å². The maximum atomic E-state index is 12.1. The Labute approximate surface area is 101 Å². The van der Waals surface area contributed by atoms with Gasteiger partial charge in [0.15, 0.2) is 0 Å². The van der Waals surface area contributed by atoms with E-state index in [0.717, 1.165) is 0 Å². The van der Waals surface area contributed by atoms with E-state index in [2.05, 4.69) is 5.32 Å². The Hall–Kier alpha value is -1.10. The summed E-state index contributed by atoms with van der Waals surface area (Å²) < 4.78 is 5.40. The normalized spacial score (nSPS) is 29.1. The fourth-order valence-electron chi connectivity index (χ4n) is 2.47. The second-order valence-corrected chi connectivity index (χ2v) is 5.80. The van der Waals surface area contributed by atoms with Gasteiger partial charge in [-0.25, -0.2) is 4.79 Å². The van der Waals surface area contributed by atoms with E-state index < -0.39 is 5.60 Å². The first kappa shape index (κ1) is 12.4. The van der Waals surface area contributed by atoms with Crippen LogP contribution in [-0.2, 0) is 9.53 Å². The summed E-state index contributed by atoms with van der Waals surface area (Å²) in [5.74, 6) is 0.251. The molecule has 96 valence electrons. The van der Waals surface area contributed by atoms with Gasteiger partial charge in [-0.15, -0.1) is 0 Å². The fraction of sp³-hybridized carbons (Fsp3) is 0.833. The number of nitrogens with one attached hydrogen (secondary N) is 1. The first-order valence-corrected chi connectivity index (χ1v) is 6.10. The maximum absolute atomic E-state index is 12.1. The Balaban J connectivity index is 2.09. The highest BCUT2D eigenvalue weighted by Gasteiger charge is 2.41. The molecule has 0 spiro atoms. The van der Waals surface area contributed by atoms with Crippen LogP contribution >= 0.6 is 0 Å². The average Bonchev–Trinajstić information content (AvgIpc) is 2.12. The molecule has 2 aliphatic rings. The number of rotatable bonds is 0. The molecular weight excluding hydrogens is 220 g/mol. The number of fused-ring (bicyclic) bond motifs is 2. The van der Waals surface area contributed by atoms with E-state index >= 15 is 0 Å². The second kappa shape index (κ2) is 4.29. The van der Waals surface area contributed by atoms with Crippen molar-refractivity contribution in [2.24, 2.45) is 0 Å². The zero-order valence-corrected chi connectivity index (χ0v) is 10.7. The molecule has 2 rings (SSSR count). The number of Topliss-reactive ketones (excluding diaryl/α,β-unsaturated/α-hetero) is 1. The van der Waals surface area contributed by atoms with Gasteiger partial charge in [0, 0.05) is 25.9 Å². The lowest BCUT2D eigenvalue weighted by Gasteiger charge is -2.45. The number of ketones is 1. The van der Waals surface area contributed by atoms with Crippen molar-refractivity contribution in [3.63, 3.8) is 0 Å². The van der Waals surface area contributed by atoms with Crippen molar-refractivity contribution in [2.75, 3.05) is 13.1 Å². The van der Waals surface area contributed by atoms with E-state index in [-0.39, 0.29) is 24.0 Å². The van der Waals surface area contributed by atoms with Gasteiger partial charge in [-0.3, -0.25) is 9.69 Å². The lowest BCUT2D eigenvalue weighted by Crippen LogP contribution is -2.63. The number of ether oxygens (including phenoxy) is 1. The third kappa shape index (κ3) is 2.77. The summed E-state index contributed by atoms with van der Waals surface area (Å²) in [6.45, 7) is 6.93. The van der Waals surface area contributed by atoms with Gasteiger partial charge >= 0.3 is 6.09 Å². The summed E-state index contributed by atoms with van der Waals surface area (Å²) in [7, 11) is 0. The first-order valence-electron chi connectivity index (χ1n) is 6.10. The molecule has 2 atom stereocenters. The molecule has 0 aromatic carbocycles. The predicted molar refractivity (Wildman–Crippen MR) is 62.8 cm³/mol. The van der Waals surface area contributed by atoms with Gasteiger partial charge in [0.1, 0.15) is 11.4 Å². The Morgan fingerprint density at radius 2 is 1.82 bits per heavy atom. The highest BCUT2D eigenvalue weighted by molar-refractivity contribution is 5.83. The number of nitrogens with zero attached hydrogens (tertiary/aromatic N) is 1. The molecule has 5 nitrogen and oxygen atoms in total. The fourth-order valence-corrected chi connectivity index (χ4v) is 2.47. The summed E-state index contributed by atoms with van der Waals surface area (Å²) in [4.78, 5) is 25.4. The van der Waals surface area contributed by atoms with E-state index in [9.17, 15) is 9.59 Å². The number of carbonyl (C=O) groups excluding carboxylic acids is 2. The van der Waals surface area contributed by atoms with Crippen LogP contribution in [0.15, 0.2) is 0 Å². The third-order valence-corrected chi connectivity index (χ3v) is 3.08. The average molecular weight is 240 g/mol. The molecule has 0 aromatic rings. The quantitative estimate of drug-likeness (QED) is 0.684. The van der Waals surface area contributed by atoms with Gasteiger partial charge in [-0.2, -0.15) is 0 Å². The van der Waals surface area contributed by atoms with Crippen LogP contribution in [0, 0.1) is 0 Å². The molecule has 0 aromatic heterocycles. The van der Waals surface area contributed by atoms with Crippen LogP contribution in [0.25, 0.3) is 0 Å². The molecule has 0 radical (unpaired) electrons. The number of piperazine rings is 1. The third-order valence-electron chi connectivity index (χ3n) is 3.08. The summed E-state index contributed by atoms with van der Waals surface area (Å²) in [5.41, 5.74) is -0.486. The summed E-state index contributed by atoms with van der Waals surface area (Å²) >= 11 is 0. The summed E-state index contributed by atoms with van der Waals surface area (Å²) in [6.07, 6.45) is 0.604. The minimum Gasteiger partial charge on any atom is -0.444 e. The molecule has 1 N–H and O–H groups in total. The van der Waals surface area contributed by atoms with Crippen molar-refractivity contribution in [1.29, 1.82) is 0 Å². The van der Waals surface area contributed by atoms with Gasteiger partial charge in [0.05, 0.1) is 12.1 Å². The lowest BCUT2D eigenvalue weighted by atomic mass is 9.92. The maximum Gasteiger partial charge on any atom is 0.410 e. The van der Waals surface area contributed by atoms with E-state index in [0.29, 0.717) is 25.9 Å². The van der Waals surface area contributed by atoms with E-state index in [1.54, 1.807) is 4.90 Å². The number of hydrogen-bond donors (Lipinski definition) is 1. The van der Waals surface area contributed by atoms with Crippen molar-refractivity contribution in [2.45, 2.75) is 51.3 Å². The molecule has 2 bridgehead atoms. The lowest BCUT2D eigenvalue weighted by molar-refractivity contribution is -0.125. The standard InChI is InChI=1S/C12H20N2O3/c1-12(2,3)17-11(16)14-8-4-10(15)5-9(14)7-13-6-8/h8-9,13H,4-7H2,1-3H3. The molecule has 2 heterocycles. The molecule has 5 heteroatoms. The monoisotopic (exact) mass is 240 g/mol. The van der Waals surface area contributed by atoms with Crippen LogP contribution in [0.3, 0.4) is 0 Å². The van der Waals surface area contributed by atoms with E-state index in [1.807, 2.05) is 20.8 Å². The van der Waals surface area contributed by atoms with Crippen molar-refractivity contribution in [3.05, 3.63) is 0 Å². The largest absolute Gasteiger partial charge is 0.444 e. The Kier molecular flexibility index (Phi) is 3.12. The van der Waals surface area contributed by atoms with Gasteiger partial charge in [-0.1, -0.05) is 0 Å². The number of hydrogen-bond acceptors (Lipinski definition) is 4. The zero-order chi connectivity index (χ0) is 12.6. The Morgan fingerprint density at radius 3 is 2.29 bits per heavy atom. The van der Waals surface area contributed by atoms with Crippen LogP contribution in [-0.4, -0.2) is 47.6 Å². The van der Waals surface area contributed by atoms with Crippen molar-refractivity contribution in [1.82, 2.24) is 10.2 Å². The first-order chi connectivity index (χ1) is 7.87. The zero-order valence-electron chi connectivity index (χ0n) is 10.7. The minimum absolute atomic E-state index is 0.0372. The molecule has 17 heavy (non-hydrogen) atoms. The van der Waals surface area contributed by atoms with Gasteiger partial charge in [0.25, 0.3) is 0 Å². The summed E-state index contributed by atoms with van der Waals surface area (Å²) in [5, 5.41) is 3.25. The molecule has 0 saturated carbocycles. The van der Waals surface area contributed by atoms with Gasteiger partial charge in [-0.05, 0) is 20.8 Å². The smallest absolute Gasteiger partial charge is 0.410 e. The van der Waals surface area contributed by atoms with E-state index in [4.69, 9.17) is 4.74 Å². The molecule has 2 saturated heterocycles. The van der Waals surface area contributed by atoms with Crippen LogP contribution in [0.1, 0.15) is 33.6 Å². The Morgan fingerprint density at radius 1 is 1.29 bits per heavy atom. The van der Waals surface area contributed by atoms with Gasteiger partial charge in [0.2, 0.25) is 0 Å². The number of carbonyl (C=O) groups is 2. The highest BCUT2D eigenvalue weighted by Crippen LogP contribution is 2.25. The summed E-state index contributed by atoms with van der Waals surface area (Å²) in [6, 6.07) is -0.0744. The predicted octanol–water partition coefficient (Wildman–Crippen LogP) is 0.927. The topological polar surface area (TPSA) is 58.6 Å².